The number of fused-ring (bicyclic) bond motifs is 1. The van der Waals surface area contributed by atoms with E-state index in [2.05, 4.69) is 20.0 Å². The van der Waals surface area contributed by atoms with Gasteiger partial charge in [-0.1, -0.05) is 12.1 Å². The molecule has 36 heavy (non-hydrogen) atoms. The number of nitrogens with one attached hydrogen (secondary N) is 2. The molecule has 190 valence electrons. The number of hydrogen-bond acceptors (Lipinski definition) is 8. The van der Waals surface area contributed by atoms with Crippen molar-refractivity contribution in [2.75, 3.05) is 26.6 Å². The van der Waals surface area contributed by atoms with Gasteiger partial charge in [0.2, 0.25) is 16.0 Å². The summed E-state index contributed by atoms with van der Waals surface area (Å²) in [6, 6.07) is 13.8. The average Bonchev–Trinajstić information content (AvgIpc) is 2.82. The second-order valence-corrected chi connectivity index (χ2v) is 12.0. The van der Waals surface area contributed by atoms with Crippen LogP contribution in [0.4, 0.5) is 17.3 Å². The number of ether oxygens (including phenoxy) is 1. The van der Waals surface area contributed by atoms with Crippen molar-refractivity contribution in [3.05, 3.63) is 66.0 Å². The van der Waals surface area contributed by atoms with E-state index in [1.54, 1.807) is 44.2 Å². The number of anilines is 3. The number of carbonyl (C=O) groups excluding carboxylic acids is 1. The number of benzene rings is 2. The summed E-state index contributed by atoms with van der Waals surface area (Å²) < 4.78 is 59.9. The number of rotatable bonds is 7. The Balaban J connectivity index is 1.49. The fraction of sp³-hybridized carbons (Fsp3) is 0.261. The highest BCUT2D eigenvalue weighted by Gasteiger charge is 2.36. The van der Waals surface area contributed by atoms with Gasteiger partial charge in [-0.25, -0.2) is 31.5 Å². The van der Waals surface area contributed by atoms with Crippen LogP contribution in [0, 0.1) is 13.8 Å². The van der Waals surface area contributed by atoms with Crippen LogP contribution in [0.3, 0.4) is 0 Å². The van der Waals surface area contributed by atoms with Gasteiger partial charge in [0.1, 0.15) is 5.75 Å². The number of hydrogen-bond donors (Lipinski definition) is 2. The van der Waals surface area contributed by atoms with E-state index in [1.165, 1.54) is 35.5 Å². The number of sulfonamides is 2. The summed E-state index contributed by atoms with van der Waals surface area (Å²) in [5.74, 6) is -0.460. The summed E-state index contributed by atoms with van der Waals surface area (Å²) in [6.45, 7) is 4.80. The van der Waals surface area contributed by atoms with E-state index in [9.17, 15) is 21.6 Å². The van der Waals surface area contributed by atoms with Crippen LogP contribution in [0.2, 0.25) is 0 Å². The predicted octanol–water partition coefficient (Wildman–Crippen LogP) is 2.45. The topological polar surface area (TPSA) is 148 Å². The number of para-hydroxylation sites is 2. The van der Waals surface area contributed by atoms with E-state index >= 15 is 0 Å². The molecule has 2 aromatic carbocycles. The molecule has 0 fully saturated rings. The first-order valence-corrected chi connectivity index (χ1v) is 14.1. The van der Waals surface area contributed by atoms with Crippen LogP contribution in [-0.4, -0.2) is 51.1 Å². The van der Waals surface area contributed by atoms with Gasteiger partial charge < -0.3 is 10.1 Å². The lowest BCUT2D eigenvalue weighted by molar-refractivity contribution is -0.122. The lowest BCUT2D eigenvalue weighted by Crippen LogP contribution is -2.49. The molecule has 0 radical (unpaired) electrons. The van der Waals surface area contributed by atoms with Gasteiger partial charge in [-0.05, 0) is 63.2 Å². The van der Waals surface area contributed by atoms with Crippen molar-refractivity contribution in [1.82, 2.24) is 9.97 Å². The van der Waals surface area contributed by atoms with Crippen molar-refractivity contribution in [3.63, 3.8) is 0 Å². The molecule has 1 aromatic heterocycles. The van der Waals surface area contributed by atoms with Crippen LogP contribution < -0.4 is 19.1 Å². The first kappa shape index (κ1) is 25.4. The fourth-order valence-electron chi connectivity index (χ4n) is 3.65. The summed E-state index contributed by atoms with van der Waals surface area (Å²) >= 11 is 0. The Bertz CT molecular complexity index is 1490. The van der Waals surface area contributed by atoms with Gasteiger partial charge >= 0.3 is 0 Å². The lowest BCUT2D eigenvalue weighted by atomic mass is 10.2. The predicted molar refractivity (Wildman–Crippen MR) is 135 cm³/mol. The van der Waals surface area contributed by atoms with Gasteiger partial charge in [0.15, 0.2) is 6.10 Å². The van der Waals surface area contributed by atoms with E-state index in [0.717, 1.165) is 0 Å². The van der Waals surface area contributed by atoms with Crippen LogP contribution >= 0.6 is 0 Å². The highest BCUT2D eigenvalue weighted by molar-refractivity contribution is 7.93. The number of aromatic nitrogens is 2. The molecule has 0 spiro atoms. The zero-order chi connectivity index (χ0) is 26.1. The summed E-state index contributed by atoms with van der Waals surface area (Å²) in [6.07, 6.45) is -1.10. The smallest absolute Gasteiger partial charge is 0.267 e. The van der Waals surface area contributed by atoms with Crippen molar-refractivity contribution in [2.24, 2.45) is 0 Å². The Labute approximate surface area is 209 Å². The van der Waals surface area contributed by atoms with Crippen LogP contribution in [-0.2, 0) is 24.8 Å². The number of carbonyl (C=O) groups is 1. The molecule has 1 amide bonds. The second-order valence-electron chi connectivity index (χ2n) is 8.10. The molecular weight excluding hydrogens is 506 g/mol. The maximum absolute atomic E-state index is 12.9. The molecule has 1 aliphatic rings. The number of amides is 1. The minimum absolute atomic E-state index is 0.0359. The first-order valence-electron chi connectivity index (χ1n) is 11.0. The number of aryl methyl sites for hydroxylation is 2. The summed E-state index contributed by atoms with van der Waals surface area (Å²) in [5, 5.41) is 2.65. The minimum Gasteiger partial charge on any atom is -0.476 e. The molecule has 0 aliphatic carbocycles. The molecule has 0 unspecified atom stereocenters. The molecule has 0 saturated carbocycles. The van der Waals surface area contributed by atoms with Crippen LogP contribution in [0.15, 0.2) is 59.5 Å². The Morgan fingerprint density at radius 2 is 1.67 bits per heavy atom. The van der Waals surface area contributed by atoms with Crippen molar-refractivity contribution >= 4 is 43.3 Å². The lowest BCUT2D eigenvalue weighted by Gasteiger charge is -2.34. The summed E-state index contributed by atoms with van der Waals surface area (Å²) in [4.78, 5) is 21.0. The SMILES string of the molecule is CCS(=O)(=O)N1C[C@@H](C(=O)Nc2ccc(S(=O)(=O)Nc3nc(C)cc(C)n3)cc2)Oc2ccccc21. The van der Waals surface area contributed by atoms with Gasteiger partial charge in [-0.3, -0.25) is 9.10 Å². The third-order valence-electron chi connectivity index (χ3n) is 5.37. The average molecular weight is 532 g/mol. The maximum Gasteiger partial charge on any atom is 0.267 e. The quantitative estimate of drug-likeness (QED) is 0.472. The zero-order valence-electron chi connectivity index (χ0n) is 19.8. The highest BCUT2D eigenvalue weighted by Crippen LogP contribution is 2.35. The second kappa shape index (κ2) is 9.74. The van der Waals surface area contributed by atoms with E-state index in [0.29, 0.717) is 22.8 Å². The molecule has 13 heteroatoms. The standard InChI is InChI=1S/C23H25N5O6S2/c1-4-35(30,31)28-14-21(34-20-8-6-5-7-19(20)28)22(29)26-17-9-11-18(12-10-17)36(32,33)27-23-24-15(2)13-16(3)25-23/h5-13,21H,4,14H2,1-3H3,(H,26,29)(H,24,25,27)/t21-/m0/s1. The Hall–Kier alpha value is -3.71. The van der Waals surface area contributed by atoms with E-state index in [-0.39, 0.29) is 28.9 Å². The van der Waals surface area contributed by atoms with Crippen molar-refractivity contribution < 1.29 is 26.4 Å². The Kier molecular flexibility index (Phi) is 6.87. The Morgan fingerprint density at radius 1 is 1.03 bits per heavy atom. The largest absolute Gasteiger partial charge is 0.476 e. The van der Waals surface area contributed by atoms with Crippen LogP contribution in [0.25, 0.3) is 0 Å². The van der Waals surface area contributed by atoms with Crippen molar-refractivity contribution in [3.8, 4) is 5.75 Å². The van der Waals surface area contributed by atoms with Gasteiger partial charge in [0.25, 0.3) is 15.9 Å². The molecule has 3 aromatic rings. The monoisotopic (exact) mass is 531 g/mol. The van der Waals surface area contributed by atoms with Gasteiger partial charge in [-0.2, -0.15) is 0 Å². The van der Waals surface area contributed by atoms with Crippen LogP contribution in [0.1, 0.15) is 18.3 Å². The third-order valence-corrected chi connectivity index (χ3v) is 8.46. The van der Waals surface area contributed by atoms with E-state index in [1.807, 2.05) is 0 Å². The van der Waals surface area contributed by atoms with Crippen molar-refractivity contribution in [2.45, 2.75) is 31.8 Å². The normalized spacial score (nSPS) is 15.5. The van der Waals surface area contributed by atoms with Crippen molar-refractivity contribution in [1.29, 1.82) is 0 Å². The van der Waals surface area contributed by atoms with E-state index in [4.69, 9.17) is 4.74 Å². The molecule has 11 nitrogen and oxygen atoms in total. The first-order chi connectivity index (χ1) is 17.0. The molecule has 4 rings (SSSR count). The van der Waals surface area contributed by atoms with E-state index < -0.39 is 32.1 Å². The van der Waals surface area contributed by atoms with Crippen LogP contribution in [0.5, 0.6) is 5.75 Å². The number of nitrogens with zero attached hydrogens (tertiary/aromatic N) is 3. The minimum atomic E-state index is -3.96. The maximum atomic E-state index is 12.9. The Morgan fingerprint density at radius 3 is 2.31 bits per heavy atom. The van der Waals surface area contributed by atoms with Gasteiger partial charge in [0, 0.05) is 17.1 Å². The fourth-order valence-corrected chi connectivity index (χ4v) is 5.72. The van der Waals surface area contributed by atoms with Gasteiger partial charge in [0.05, 0.1) is 22.9 Å². The molecule has 2 N–H and O–H groups in total. The molecule has 0 bridgehead atoms. The molecule has 0 saturated heterocycles. The summed E-state index contributed by atoms with van der Waals surface area (Å²) in [5.41, 5.74) is 1.93. The molecule has 2 heterocycles. The zero-order valence-corrected chi connectivity index (χ0v) is 21.4. The molecular formula is C23H25N5O6S2. The summed E-state index contributed by atoms with van der Waals surface area (Å²) in [7, 11) is -7.60. The molecule has 1 aliphatic heterocycles. The third kappa shape index (κ3) is 5.41. The molecule has 1 atom stereocenters. The highest BCUT2D eigenvalue weighted by atomic mass is 32.2. The van der Waals surface area contributed by atoms with Gasteiger partial charge in [-0.15, -0.1) is 0 Å².